The lowest BCUT2D eigenvalue weighted by molar-refractivity contribution is 0.0693. The Balaban J connectivity index is 2.19. The van der Waals surface area contributed by atoms with Crippen molar-refractivity contribution in [1.29, 1.82) is 0 Å². The van der Waals surface area contributed by atoms with E-state index in [1.165, 1.54) is 12.8 Å². The van der Waals surface area contributed by atoms with Gasteiger partial charge in [-0.2, -0.15) is 0 Å². The van der Waals surface area contributed by atoms with E-state index >= 15 is 0 Å². The molecule has 1 aliphatic carbocycles. The third-order valence-corrected chi connectivity index (χ3v) is 3.94. The molecule has 0 saturated heterocycles. The van der Waals surface area contributed by atoms with Crippen molar-refractivity contribution in [2.75, 3.05) is 12.3 Å². The molecule has 98 valence electrons. The Morgan fingerprint density at radius 3 is 2.67 bits per heavy atom. The third kappa shape index (κ3) is 2.61. The highest BCUT2D eigenvalue weighted by Crippen LogP contribution is 2.26. The molecule has 18 heavy (non-hydrogen) atoms. The third-order valence-electron chi connectivity index (χ3n) is 3.61. The van der Waals surface area contributed by atoms with Gasteiger partial charge < -0.3 is 10.6 Å². The Labute approximate surface area is 113 Å². The van der Waals surface area contributed by atoms with Gasteiger partial charge >= 0.3 is 0 Å². The summed E-state index contributed by atoms with van der Waals surface area (Å²) in [6, 6.07) is 5.49. The normalized spacial score (nSPS) is 15.9. The molecule has 2 N–H and O–H groups in total. The van der Waals surface area contributed by atoms with Crippen LogP contribution in [-0.2, 0) is 0 Å². The number of nitrogen functional groups attached to an aromatic ring is 1. The molecular formula is C14H19ClN2O. The van der Waals surface area contributed by atoms with E-state index in [0.717, 1.165) is 19.4 Å². The Kier molecular flexibility index (Phi) is 4.12. The van der Waals surface area contributed by atoms with Gasteiger partial charge in [0.1, 0.15) is 0 Å². The molecule has 2 rings (SSSR count). The Hall–Kier alpha value is -1.22. The van der Waals surface area contributed by atoms with Crippen LogP contribution in [0.4, 0.5) is 5.69 Å². The zero-order chi connectivity index (χ0) is 13.1. The largest absolute Gasteiger partial charge is 0.398 e. The van der Waals surface area contributed by atoms with Crippen LogP contribution >= 0.6 is 11.6 Å². The number of halogens is 1. The summed E-state index contributed by atoms with van der Waals surface area (Å²) in [5, 5.41) is 0.448. The minimum Gasteiger partial charge on any atom is -0.398 e. The first kappa shape index (κ1) is 13.2. The average Bonchev–Trinajstić information content (AvgIpc) is 2.87. The lowest BCUT2D eigenvalue weighted by Gasteiger charge is -2.27. The van der Waals surface area contributed by atoms with Crippen molar-refractivity contribution in [3.05, 3.63) is 28.8 Å². The van der Waals surface area contributed by atoms with Gasteiger partial charge in [0, 0.05) is 18.2 Å². The summed E-state index contributed by atoms with van der Waals surface area (Å²) in [7, 11) is 0. The molecule has 0 aromatic heterocycles. The van der Waals surface area contributed by atoms with Gasteiger partial charge in [0.15, 0.2) is 0 Å². The molecule has 1 fully saturated rings. The maximum absolute atomic E-state index is 12.5. The summed E-state index contributed by atoms with van der Waals surface area (Å²) in [5.74, 6) is 0.0614. The van der Waals surface area contributed by atoms with Crippen LogP contribution in [0.15, 0.2) is 18.2 Å². The van der Waals surface area contributed by atoms with E-state index < -0.39 is 0 Å². The molecule has 0 bridgehead atoms. The van der Waals surface area contributed by atoms with Crippen molar-refractivity contribution in [3.8, 4) is 0 Å². The molecule has 3 nitrogen and oxygen atoms in total. The highest BCUT2D eigenvalue weighted by atomic mass is 35.5. The van der Waals surface area contributed by atoms with Crippen LogP contribution in [0.5, 0.6) is 0 Å². The van der Waals surface area contributed by atoms with E-state index in [0.29, 0.717) is 22.3 Å². The first-order valence-corrected chi connectivity index (χ1v) is 6.87. The number of carbonyl (C=O) groups excluding carboxylic acids is 1. The molecule has 1 amide bonds. The fourth-order valence-electron chi connectivity index (χ4n) is 2.61. The number of rotatable bonds is 3. The molecule has 0 heterocycles. The highest BCUT2D eigenvalue weighted by molar-refractivity contribution is 6.33. The average molecular weight is 267 g/mol. The van der Waals surface area contributed by atoms with E-state index in [1.54, 1.807) is 18.2 Å². The SMILES string of the molecule is CCN(C(=O)c1ccc(N)c(Cl)c1)C1CCCC1. The van der Waals surface area contributed by atoms with E-state index in [4.69, 9.17) is 17.3 Å². The molecule has 1 aliphatic rings. The van der Waals surface area contributed by atoms with Crippen LogP contribution in [-0.4, -0.2) is 23.4 Å². The highest BCUT2D eigenvalue weighted by Gasteiger charge is 2.26. The van der Waals surface area contributed by atoms with Crippen molar-refractivity contribution < 1.29 is 4.79 Å². The second-order valence-electron chi connectivity index (χ2n) is 4.77. The maximum atomic E-state index is 12.5. The van der Waals surface area contributed by atoms with Gasteiger partial charge in [0.25, 0.3) is 5.91 Å². The standard InChI is InChI=1S/C14H19ClN2O/c1-2-17(11-5-3-4-6-11)14(18)10-7-8-13(16)12(15)9-10/h7-9,11H,2-6,16H2,1H3. The van der Waals surface area contributed by atoms with Crippen LogP contribution in [0.2, 0.25) is 5.02 Å². The Bertz CT molecular complexity index is 441. The van der Waals surface area contributed by atoms with E-state index in [9.17, 15) is 4.79 Å². The monoisotopic (exact) mass is 266 g/mol. The molecular weight excluding hydrogens is 248 g/mol. The van der Waals surface area contributed by atoms with E-state index in [1.807, 2.05) is 11.8 Å². The molecule has 4 heteroatoms. The number of benzene rings is 1. The smallest absolute Gasteiger partial charge is 0.254 e. The number of hydrogen-bond donors (Lipinski definition) is 1. The topological polar surface area (TPSA) is 46.3 Å². The quantitative estimate of drug-likeness (QED) is 0.853. The van der Waals surface area contributed by atoms with E-state index in [2.05, 4.69) is 0 Å². The van der Waals surface area contributed by atoms with Crippen LogP contribution in [0.25, 0.3) is 0 Å². The zero-order valence-corrected chi connectivity index (χ0v) is 11.4. The molecule has 0 radical (unpaired) electrons. The minimum absolute atomic E-state index is 0.0614. The maximum Gasteiger partial charge on any atom is 0.254 e. The summed E-state index contributed by atoms with van der Waals surface area (Å²) in [4.78, 5) is 14.4. The number of hydrogen-bond acceptors (Lipinski definition) is 2. The molecule has 1 aromatic rings. The first-order chi connectivity index (χ1) is 8.63. The summed E-state index contributed by atoms with van der Waals surface area (Å²) in [5.41, 5.74) is 6.80. The fraction of sp³-hybridized carbons (Fsp3) is 0.500. The summed E-state index contributed by atoms with van der Waals surface area (Å²) >= 11 is 5.97. The number of nitrogens with zero attached hydrogens (tertiary/aromatic N) is 1. The van der Waals surface area contributed by atoms with Crippen molar-refractivity contribution in [3.63, 3.8) is 0 Å². The van der Waals surface area contributed by atoms with Crippen molar-refractivity contribution in [1.82, 2.24) is 4.90 Å². The van der Waals surface area contributed by atoms with Gasteiger partial charge in [-0.25, -0.2) is 0 Å². The van der Waals surface area contributed by atoms with Gasteiger partial charge in [-0.3, -0.25) is 4.79 Å². The molecule has 0 unspecified atom stereocenters. The van der Waals surface area contributed by atoms with E-state index in [-0.39, 0.29) is 5.91 Å². The first-order valence-electron chi connectivity index (χ1n) is 6.49. The second kappa shape index (κ2) is 5.61. The Morgan fingerprint density at radius 2 is 2.11 bits per heavy atom. The summed E-state index contributed by atoms with van der Waals surface area (Å²) < 4.78 is 0. The predicted octanol–water partition coefficient (Wildman–Crippen LogP) is 3.33. The van der Waals surface area contributed by atoms with Gasteiger partial charge in [-0.1, -0.05) is 24.4 Å². The van der Waals surface area contributed by atoms with Gasteiger partial charge in [0.2, 0.25) is 0 Å². The van der Waals surface area contributed by atoms with Crippen molar-refractivity contribution in [2.45, 2.75) is 38.6 Å². The molecule has 1 saturated carbocycles. The minimum atomic E-state index is 0.0614. The number of nitrogens with two attached hydrogens (primary N) is 1. The Morgan fingerprint density at radius 1 is 1.44 bits per heavy atom. The summed E-state index contributed by atoms with van der Waals surface area (Å²) in [6.45, 7) is 2.76. The fourth-order valence-corrected chi connectivity index (χ4v) is 2.79. The lowest BCUT2D eigenvalue weighted by Crippen LogP contribution is -2.38. The molecule has 0 spiro atoms. The van der Waals surface area contributed by atoms with Gasteiger partial charge in [-0.05, 0) is 38.0 Å². The summed E-state index contributed by atoms with van der Waals surface area (Å²) in [6.07, 6.45) is 4.67. The van der Waals surface area contributed by atoms with Crippen molar-refractivity contribution in [2.24, 2.45) is 0 Å². The zero-order valence-electron chi connectivity index (χ0n) is 10.7. The van der Waals surface area contributed by atoms with Crippen LogP contribution in [0.3, 0.4) is 0 Å². The van der Waals surface area contributed by atoms with Crippen LogP contribution in [0, 0.1) is 0 Å². The lowest BCUT2D eigenvalue weighted by atomic mass is 10.1. The number of anilines is 1. The van der Waals surface area contributed by atoms with Crippen LogP contribution < -0.4 is 5.73 Å². The number of carbonyl (C=O) groups is 1. The second-order valence-corrected chi connectivity index (χ2v) is 5.17. The number of amides is 1. The van der Waals surface area contributed by atoms with Gasteiger partial charge in [0.05, 0.1) is 10.7 Å². The molecule has 1 aromatic carbocycles. The van der Waals surface area contributed by atoms with Crippen LogP contribution in [0.1, 0.15) is 43.0 Å². The van der Waals surface area contributed by atoms with Gasteiger partial charge in [-0.15, -0.1) is 0 Å². The predicted molar refractivity (Wildman–Crippen MR) is 74.8 cm³/mol. The molecule has 0 aliphatic heterocycles. The molecule has 0 atom stereocenters. The van der Waals surface area contributed by atoms with Crippen molar-refractivity contribution >= 4 is 23.2 Å².